The molecule has 0 bridgehead atoms. The van der Waals surface area contributed by atoms with Gasteiger partial charge in [0, 0.05) is 19.6 Å². The number of nitrogens with one attached hydrogen (secondary N) is 1. The van der Waals surface area contributed by atoms with E-state index in [4.69, 9.17) is 10.00 Å². The molecule has 1 aliphatic rings. The van der Waals surface area contributed by atoms with Crippen LogP contribution < -0.4 is 5.32 Å². The van der Waals surface area contributed by atoms with E-state index in [9.17, 15) is 5.11 Å². The van der Waals surface area contributed by atoms with Crippen molar-refractivity contribution in [3.05, 3.63) is 0 Å². The van der Waals surface area contributed by atoms with Crippen LogP contribution in [-0.4, -0.2) is 37.0 Å². The highest BCUT2D eigenvalue weighted by Gasteiger charge is 2.19. The van der Waals surface area contributed by atoms with Crippen molar-refractivity contribution < 1.29 is 9.84 Å². The first-order chi connectivity index (χ1) is 5.83. The van der Waals surface area contributed by atoms with Crippen molar-refractivity contribution in [3.63, 3.8) is 0 Å². The highest BCUT2D eigenvalue weighted by molar-refractivity contribution is 4.77. The molecule has 0 aliphatic carbocycles. The molecule has 1 fully saturated rings. The number of hydrogen-bond donors (Lipinski definition) is 2. The fourth-order valence-corrected chi connectivity index (χ4v) is 1.29. The molecule has 1 heterocycles. The molecule has 0 aromatic carbocycles. The van der Waals surface area contributed by atoms with Gasteiger partial charge in [-0.25, -0.2) is 0 Å². The van der Waals surface area contributed by atoms with Crippen LogP contribution in [0.1, 0.15) is 12.8 Å². The number of nitrogens with zero attached hydrogens (tertiary/aromatic N) is 1. The van der Waals surface area contributed by atoms with Crippen molar-refractivity contribution in [2.24, 2.45) is 0 Å². The monoisotopic (exact) mass is 170 g/mol. The molecule has 0 spiro atoms. The highest BCUT2D eigenvalue weighted by atomic mass is 16.5. The number of nitriles is 1. The predicted molar refractivity (Wildman–Crippen MR) is 43.5 cm³/mol. The molecule has 1 saturated heterocycles. The Bertz CT molecular complexity index is 167. The first-order valence-electron chi connectivity index (χ1n) is 4.20. The molecule has 1 aliphatic heterocycles. The van der Waals surface area contributed by atoms with Gasteiger partial charge in [0.2, 0.25) is 0 Å². The lowest BCUT2D eigenvalue weighted by Crippen LogP contribution is -2.36. The maximum Gasteiger partial charge on any atom is 0.0841 e. The second-order valence-electron chi connectivity index (χ2n) is 2.96. The summed E-state index contributed by atoms with van der Waals surface area (Å²) >= 11 is 0. The van der Waals surface area contributed by atoms with Gasteiger partial charge in [-0.15, -0.1) is 0 Å². The Kier molecular flexibility index (Phi) is 4.01. The van der Waals surface area contributed by atoms with E-state index in [0.717, 1.165) is 6.42 Å². The van der Waals surface area contributed by atoms with E-state index in [1.165, 1.54) is 0 Å². The summed E-state index contributed by atoms with van der Waals surface area (Å²) in [6.07, 6.45) is 1.25. The zero-order valence-corrected chi connectivity index (χ0v) is 6.99. The molecule has 2 N–H and O–H groups in total. The molecule has 2 atom stereocenters. The summed E-state index contributed by atoms with van der Waals surface area (Å²) in [5.41, 5.74) is 0. The molecule has 0 unspecified atom stereocenters. The largest absolute Gasteiger partial charge is 0.393 e. The molecule has 0 aromatic heterocycles. The molecule has 0 aromatic rings. The summed E-state index contributed by atoms with van der Waals surface area (Å²) in [7, 11) is 0. The van der Waals surface area contributed by atoms with Gasteiger partial charge >= 0.3 is 0 Å². The van der Waals surface area contributed by atoms with E-state index in [0.29, 0.717) is 26.1 Å². The van der Waals surface area contributed by atoms with E-state index in [-0.39, 0.29) is 12.2 Å². The van der Waals surface area contributed by atoms with Crippen molar-refractivity contribution in [2.45, 2.75) is 25.0 Å². The summed E-state index contributed by atoms with van der Waals surface area (Å²) in [4.78, 5) is 0. The summed E-state index contributed by atoms with van der Waals surface area (Å²) < 4.78 is 5.36. The van der Waals surface area contributed by atoms with Gasteiger partial charge in [-0.1, -0.05) is 0 Å². The SMILES string of the molecule is N#CCNC[C@@H]1C[C@H](O)CCO1. The minimum absolute atomic E-state index is 0.0714. The van der Waals surface area contributed by atoms with Crippen molar-refractivity contribution in [2.75, 3.05) is 19.7 Å². The molecule has 12 heavy (non-hydrogen) atoms. The second kappa shape index (κ2) is 5.09. The molecule has 4 heteroatoms. The lowest BCUT2D eigenvalue weighted by molar-refractivity contribution is -0.0413. The fraction of sp³-hybridized carbons (Fsp3) is 0.875. The molecule has 4 nitrogen and oxygen atoms in total. The fourth-order valence-electron chi connectivity index (χ4n) is 1.29. The van der Waals surface area contributed by atoms with Gasteiger partial charge in [0.25, 0.3) is 0 Å². The Morgan fingerprint density at radius 1 is 1.67 bits per heavy atom. The molecule has 68 valence electrons. The Morgan fingerprint density at radius 2 is 2.50 bits per heavy atom. The van der Waals surface area contributed by atoms with Gasteiger partial charge in [-0.2, -0.15) is 5.26 Å². The van der Waals surface area contributed by atoms with Gasteiger partial charge < -0.3 is 15.2 Å². The Labute approximate surface area is 72.1 Å². The van der Waals surface area contributed by atoms with Crippen LogP contribution in [0.5, 0.6) is 0 Å². The van der Waals surface area contributed by atoms with Crippen LogP contribution in [0.4, 0.5) is 0 Å². The summed E-state index contributed by atoms with van der Waals surface area (Å²) in [5.74, 6) is 0. The predicted octanol–water partition coefficient (Wildman–Crippen LogP) is -0.361. The average molecular weight is 170 g/mol. The molecule has 1 rings (SSSR count). The van der Waals surface area contributed by atoms with Crippen molar-refractivity contribution >= 4 is 0 Å². The second-order valence-corrected chi connectivity index (χ2v) is 2.96. The summed E-state index contributed by atoms with van der Waals surface area (Å²) in [6, 6.07) is 1.99. The standard InChI is InChI=1S/C8H14N2O2/c9-2-3-10-6-8-5-7(11)1-4-12-8/h7-8,10-11H,1,3-6H2/t7-,8+/m1/s1. The van der Waals surface area contributed by atoms with Crippen molar-refractivity contribution in [3.8, 4) is 6.07 Å². The third-order valence-corrected chi connectivity index (χ3v) is 1.92. The average Bonchev–Trinajstić information content (AvgIpc) is 2.05. The van der Waals surface area contributed by atoms with Crippen LogP contribution in [-0.2, 0) is 4.74 Å². The highest BCUT2D eigenvalue weighted by Crippen LogP contribution is 2.12. The van der Waals surface area contributed by atoms with E-state index >= 15 is 0 Å². The Hall–Kier alpha value is -0.630. The number of rotatable bonds is 3. The Morgan fingerprint density at radius 3 is 3.17 bits per heavy atom. The molecule has 0 saturated carbocycles. The lowest BCUT2D eigenvalue weighted by Gasteiger charge is -2.26. The zero-order valence-electron chi connectivity index (χ0n) is 6.99. The molecule has 0 amide bonds. The van der Waals surface area contributed by atoms with Crippen LogP contribution >= 0.6 is 0 Å². The number of hydrogen-bond acceptors (Lipinski definition) is 4. The van der Waals surface area contributed by atoms with E-state index in [1.54, 1.807) is 0 Å². The zero-order chi connectivity index (χ0) is 8.81. The minimum Gasteiger partial charge on any atom is -0.393 e. The van der Waals surface area contributed by atoms with Crippen molar-refractivity contribution in [1.82, 2.24) is 5.32 Å². The smallest absolute Gasteiger partial charge is 0.0841 e. The van der Waals surface area contributed by atoms with Gasteiger partial charge in [-0.3, -0.25) is 0 Å². The third kappa shape index (κ3) is 3.18. The van der Waals surface area contributed by atoms with Crippen LogP contribution in [0.15, 0.2) is 0 Å². The van der Waals surface area contributed by atoms with Crippen molar-refractivity contribution in [1.29, 1.82) is 5.26 Å². The lowest BCUT2D eigenvalue weighted by atomic mass is 10.1. The Balaban J connectivity index is 2.11. The number of ether oxygens (including phenoxy) is 1. The topological polar surface area (TPSA) is 65.3 Å². The molecular formula is C8H14N2O2. The van der Waals surface area contributed by atoms with Gasteiger partial charge in [0.15, 0.2) is 0 Å². The van der Waals surface area contributed by atoms with E-state index in [1.807, 2.05) is 6.07 Å². The van der Waals surface area contributed by atoms with Crippen LogP contribution in [0.3, 0.4) is 0 Å². The normalized spacial score (nSPS) is 29.7. The van der Waals surface area contributed by atoms with Crippen LogP contribution in [0.25, 0.3) is 0 Å². The third-order valence-electron chi connectivity index (χ3n) is 1.92. The maximum atomic E-state index is 9.26. The first kappa shape index (κ1) is 9.46. The molecular weight excluding hydrogens is 156 g/mol. The van der Waals surface area contributed by atoms with Crippen LogP contribution in [0.2, 0.25) is 0 Å². The maximum absolute atomic E-state index is 9.26. The summed E-state index contributed by atoms with van der Waals surface area (Å²) in [6.45, 7) is 1.63. The quantitative estimate of drug-likeness (QED) is 0.448. The van der Waals surface area contributed by atoms with Gasteiger partial charge in [-0.05, 0) is 6.42 Å². The first-order valence-corrected chi connectivity index (χ1v) is 4.20. The van der Waals surface area contributed by atoms with E-state index in [2.05, 4.69) is 5.32 Å². The number of aliphatic hydroxyl groups is 1. The number of aliphatic hydroxyl groups excluding tert-OH is 1. The minimum atomic E-state index is -0.229. The summed E-state index contributed by atoms with van der Waals surface area (Å²) in [5, 5.41) is 20.4. The van der Waals surface area contributed by atoms with Gasteiger partial charge in [0.05, 0.1) is 24.8 Å². The van der Waals surface area contributed by atoms with Crippen LogP contribution in [0, 0.1) is 11.3 Å². The van der Waals surface area contributed by atoms with E-state index < -0.39 is 0 Å². The van der Waals surface area contributed by atoms with Gasteiger partial charge in [0.1, 0.15) is 0 Å². The molecule has 0 radical (unpaired) electrons.